The molecule has 2 aromatic carbocycles. The number of carbonyl (C=O) groups is 3. The number of aliphatic hydroxyl groups is 2. The minimum atomic E-state index is -1.35. The molecule has 4 atom stereocenters. The van der Waals surface area contributed by atoms with Crippen LogP contribution >= 0.6 is 0 Å². The molecule has 3 aliphatic rings. The quantitative estimate of drug-likeness (QED) is 0.402. The molecule has 2 amide bonds. The Morgan fingerprint density at radius 2 is 1.67 bits per heavy atom. The van der Waals surface area contributed by atoms with E-state index in [0.29, 0.717) is 37.3 Å². The number of aromatic nitrogens is 1. The molecule has 3 aromatic rings. The summed E-state index contributed by atoms with van der Waals surface area (Å²) in [6, 6.07) is 20.5. The van der Waals surface area contributed by atoms with E-state index in [9.17, 15) is 24.6 Å². The second-order valence-corrected chi connectivity index (χ2v) is 11.7. The normalized spacial score (nSPS) is 23.5. The minimum absolute atomic E-state index is 0.0662. The number of methoxy groups -OCH3 is 1. The van der Waals surface area contributed by atoms with Gasteiger partial charge in [0.2, 0.25) is 0 Å². The van der Waals surface area contributed by atoms with Gasteiger partial charge in [-0.15, -0.1) is 0 Å². The Labute approximate surface area is 245 Å². The van der Waals surface area contributed by atoms with Gasteiger partial charge in [0.05, 0.1) is 26.4 Å². The Balaban J connectivity index is 1.51. The van der Waals surface area contributed by atoms with Crippen molar-refractivity contribution < 1.29 is 29.3 Å². The lowest BCUT2D eigenvalue weighted by molar-refractivity contribution is -0.153. The molecular weight excluding hydrogens is 534 g/mol. The monoisotopic (exact) mass is 571 g/mol. The molecule has 9 heteroatoms. The molecule has 0 unspecified atom stereocenters. The third kappa shape index (κ3) is 4.61. The summed E-state index contributed by atoms with van der Waals surface area (Å²) in [5, 5.41) is 20.2. The van der Waals surface area contributed by atoms with E-state index in [2.05, 4.69) is 0 Å². The SMILES string of the molecule is COC(=O)[C@@]1(Cc2ccccc2)[C@H]2c3cc(C(=O)N4CCCC4)n(C[C@H](O)CO)c3C[C@H]2CN1C(=O)c1ccccc1. The molecule has 2 aliphatic heterocycles. The molecule has 0 spiro atoms. The molecule has 0 radical (unpaired) electrons. The summed E-state index contributed by atoms with van der Waals surface area (Å²) in [5.74, 6) is -1.38. The first-order valence-electron chi connectivity index (χ1n) is 14.7. The van der Waals surface area contributed by atoms with E-state index < -0.39 is 30.1 Å². The van der Waals surface area contributed by atoms with Crippen LogP contribution in [0.3, 0.4) is 0 Å². The van der Waals surface area contributed by atoms with Gasteiger partial charge in [-0.2, -0.15) is 0 Å². The summed E-state index contributed by atoms with van der Waals surface area (Å²) < 4.78 is 7.35. The molecule has 2 N–H and O–H groups in total. The van der Waals surface area contributed by atoms with Crippen LogP contribution in [0.5, 0.6) is 0 Å². The number of hydrogen-bond donors (Lipinski definition) is 2. The second-order valence-electron chi connectivity index (χ2n) is 11.7. The highest BCUT2D eigenvalue weighted by atomic mass is 16.5. The molecule has 42 heavy (non-hydrogen) atoms. The van der Waals surface area contributed by atoms with Crippen molar-refractivity contribution in [1.29, 1.82) is 0 Å². The molecule has 0 saturated carbocycles. The second kappa shape index (κ2) is 11.4. The molecule has 2 fully saturated rings. The van der Waals surface area contributed by atoms with Gasteiger partial charge in [-0.05, 0) is 54.5 Å². The van der Waals surface area contributed by atoms with Crippen LogP contribution in [0.2, 0.25) is 0 Å². The van der Waals surface area contributed by atoms with Crippen molar-refractivity contribution in [3.63, 3.8) is 0 Å². The number of carbonyl (C=O) groups excluding carboxylic acids is 3. The lowest BCUT2D eigenvalue weighted by atomic mass is 9.75. The zero-order valence-electron chi connectivity index (χ0n) is 23.8. The Kier molecular flexibility index (Phi) is 7.64. The van der Waals surface area contributed by atoms with Gasteiger partial charge in [0, 0.05) is 43.2 Å². The van der Waals surface area contributed by atoms with Crippen LogP contribution in [0.1, 0.15) is 56.4 Å². The van der Waals surface area contributed by atoms with Crippen molar-refractivity contribution in [2.75, 3.05) is 33.4 Å². The van der Waals surface area contributed by atoms with E-state index in [1.807, 2.05) is 64.1 Å². The van der Waals surface area contributed by atoms with Crippen molar-refractivity contribution >= 4 is 17.8 Å². The average Bonchev–Trinajstić information content (AvgIpc) is 3.80. The first kappa shape index (κ1) is 28.2. The molecular formula is C33H37N3O6. The summed E-state index contributed by atoms with van der Waals surface area (Å²) in [4.78, 5) is 45.5. The molecule has 220 valence electrons. The number of aliphatic hydroxyl groups excluding tert-OH is 2. The number of ether oxygens (including phenoxy) is 1. The van der Waals surface area contributed by atoms with E-state index in [1.54, 1.807) is 17.0 Å². The number of esters is 1. The number of fused-ring (bicyclic) bond motifs is 3. The molecule has 6 rings (SSSR count). The van der Waals surface area contributed by atoms with Crippen molar-refractivity contribution in [2.45, 2.75) is 49.8 Å². The van der Waals surface area contributed by atoms with Crippen LogP contribution in [-0.2, 0) is 28.9 Å². The smallest absolute Gasteiger partial charge is 0.332 e. The third-order valence-electron chi connectivity index (χ3n) is 9.25. The molecule has 3 heterocycles. The Hall–Kier alpha value is -3.95. The molecule has 9 nitrogen and oxygen atoms in total. The average molecular weight is 572 g/mol. The predicted molar refractivity (Wildman–Crippen MR) is 155 cm³/mol. The van der Waals surface area contributed by atoms with Gasteiger partial charge in [0.25, 0.3) is 11.8 Å². The number of benzene rings is 2. The number of rotatable bonds is 8. The summed E-state index contributed by atoms with van der Waals surface area (Å²) in [7, 11) is 1.36. The van der Waals surface area contributed by atoms with Crippen LogP contribution in [-0.4, -0.2) is 87.4 Å². The van der Waals surface area contributed by atoms with E-state index in [1.165, 1.54) is 7.11 Å². The van der Waals surface area contributed by atoms with Crippen molar-refractivity contribution in [3.8, 4) is 0 Å². The Bertz CT molecular complexity index is 1470. The minimum Gasteiger partial charge on any atom is -0.467 e. The summed E-state index contributed by atoms with van der Waals surface area (Å²) in [6.07, 6.45) is 1.61. The van der Waals surface area contributed by atoms with Gasteiger partial charge in [-0.1, -0.05) is 48.5 Å². The number of likely N-dealkylation sites (tertiary alicyclic amines) is 2. The van der Waals surface area contributed by atoms with Crippen LogP contribution in [0.4, 0.5) is 0 Å². The van der Waals surface area contributed by atoms with Crippen molar-refractivity contribution in [1.82, 2.24) is 14.4 Å². The highest BCUT2D eigenvalue weighted by molar-refractivity contribution is 6.00. The highest BCUT2D eigenvalue weighted by Crippen LogP contribution is 2.55. The third-order valence-corrected chi connectivity index (χ3v) is 9.25. The maximum Gasteiger partial charge on any atom is 0.332 e. The van der Waals surface area contributed by atoms with Crippen LogP contribution in [0.25, 0.3) is 0 Å². The van der Waals surface area contributed by atoms with Crippen LogP contribution < -0.4 is 0 Å². The van der Waals surface area contributed by atoms with Crippen molar-refractivity contribution in [2.24, 2.45) is 5.92 Å². The van der Waals surface area contributed by atoms with Crippen molar-refractivity contribution in [3.05, 3.63) is 94.8 Å². The van der Waals surface area contributed by atoms with Gasteiger partial charge < -0.3 is 29.3 Å². The molecule has 1 aliphatic carbocycles. The van der Waals surface area contributed by atoms with Gasteiger partial charge in [-0.25, -0.2) is 4.79 Å². The summed E-state index contributed by atoms with van der Waals surface area (Å²) in [5.41, 5.74) is 2.18. The predicted octanol–water partition coefficient (Wildman–Crippen LogP) is 2.64. The van der Waals surface area contributed by atoms with E-state index in [0.717, 1.165) is 29.7 Å². The lowest BCUT2D eigenvalue weighted by Gasteiger charge is -2.40. The lowest BCUT2D eigenvalue weighted by Crippen LogP contribution is -2.58. The van der Waals surface area contributed by atoms with Gasteiger partial charge in [0.15, 0.2) is 5.54 Å². The Morgan fingerprint density at radius 1 is 1.00 bits per heavy atom. The zero-order chi connectivity index (χ0) is 29.4. The topological polar surface area (TPSA) is 112 Å². The molecule has 2 saturated heterocycles. The van der Waals surface area contributed by atoms with Gasteiger partial charge >= 0.3 is 5.97 Å². The fraction of sp³-hybridized carbons (Fsp3) is 0.424. The maximum absolute atomic E-state index is 14.1. The van der Waals surface area contributed by atoms with E-state index >= 15 is 0 Å². The highest BCUT2D eigenvalue weighted by Gasteiger charge is 2.64. The summed E-state index contributed by atoms with van der Waals surface area (Å²) >= 11 is 0. The zero-order valence-corrected chi connectivity index (χ0v) is 23.8. The van der Waals surface area contributed by atoms with E-state index in [-0.39, 0.29) is 30.7 Å². The molecule has 0 bridgehead atoms. The first-order valence-corrected chi connectivity index (χ1v) is 14.7. The first-order chi connectivity index (χ1) is 20.4. The van der Waals surface area contributed by atoms with Crippen LogP contribution in [0, 0.1) is 5.92 Å². The Morgan fingerprint density at radius 3 is 2.31 bits per heavy atom. The molecule has 1 aromatic heterocycles. The largest absolute Gasteiger partial charge is 0.467 e. The van der Waals surface area contributed by atoms with Crippen LogP contribution in [0.15, 0.2) is 66.7 Å². The number of nitrogens with zero attached hydrogens (tertiary/aromatic N) is 3. The van der Waals surface area contributed by atoms with Gasteiger partial charge in [-0.3, -0.25) is 9.59 Å². The number of hydrogen-bond acceptors (Lipinski definition) is 6. The van der Waals surface area contributed by atoms with E-state index in [4.69, 9.17) is 4.74 Å². The fourth-order valence-corrected chi connectivity index (χ4v) is 7.45. The fourth-order valence-electron chi connectivity index (χ4n) is 7.45. The van der Waals surface area contributed by atoms with Gasteiger partial charge in [0.1, 0.15) is 5.69 Å². The summed E-state index contributed by atoms with van der Waals surface area (Å²) in [6.45, 7) is 1.31. The standard InChI is InChI=1S/C33H37N3O6/c1-42-32(41)33(18-22-10-4-2-5-11-22)29-24(19-36(33)30(39)23-12-6-3-7-13-23)16-27-26(29)17-28(35(27)20-25(38)21-37)31(40)34-14-8-9-15-34/h2-7,10-13,17,24-25,29,37-38H,8-9,14-16,18-21H2,1H3/t24-,25-,29+,33+/m0/s1. The number of amides is 2. The maximum atomic E-state index is 14.1.